The van der Waals surface area contributed by atoms with Crippen LogP contribution in [0.2, 0.25) is 0 Å². The Balaban J connectivity index is 1.13. The summed E-state index contributed by atoms with van der Waals surface area (Å²) >= 11 is 0. The van der Waals surface area contributed by atoms with E-state index in [0.29, 0.717) is 0 Å². The fourth-order valence-corrected chi connectivity index (χ4v) is 8.41. The Kier molecular flexibility index (Phi) is 7.17. The van der Waals surface area contributed by atoms with Gasteiger partial charge in [0.05, 0.1) is 28.1 Å². The number of hydrogen-bond donors (Lipinski definition) is 0. The smallest absolute Gasteiger partial charge is 0.136 e. The van der Waals surface area contributed by atoms with Crippen molar-refractivity contribution in [3.63, 3.8) is 0 Å². The lowest BCUT2D eigenvalue weighted by Crippen LogP contribution is -2.14. The molecular weight excluding hydrogens is 669 g/mol. The van der Waals surface area contributed by atoms with Gasteiger partial charge in [0.1, 0.15) is 11.2 Å². The maximum atomic E-state index is 6.40. The van der Waals surface area contributed by atoms with Crippen molar-refractivity contribution < 1.29 is 4.42 Å². The number of aromatic nitrogens is 1. The van der Waals surface area contributed by atoms with Crippen LogP contribution in [-0.4, -0.2) is 4.57 Å². The molecule has 0 spiro atoms. The molecule has 0 radical (unpaired) electrons. The van der Waals surface area contributed by atoms with Gasteiger partial charge >= 0.3 is 0 Å². The quantitative estimate of drug-likeness (QED) is 0.172. The minimum atomic E-state index is 0.880. The zero-order chi connectivity index (χ0) is 36.3. The highest BCUT2D eigenvalue weighted by atomic mass is 16.3. The fraction of sp³-hybridized carbons (Fsp3) is 0. The average Bonchev–Trinajstić information content (AvgIpc) is 3.80. The Bertz CT molecular complexity index is 3170. The normalized spacial score (nSPS) is 11.6. The van der Waals surface area contributed by atoms with Crippen molar-refractivity contribution in [2.24, 2.45) is 0 Å². The highest BCUT2D eigenvalue weighted by Gasteiger charge is 2.23. The van der Waals surface area contributed by atoms with Crippen LogP contribution in [0, 0.1) is 0 Å². The van der Waals surface area contributed by atoms with Crippen LogP contribution in [0.15, 0.2) is 211 Å². The molecule has 0 amide bonds. The molecule has 0 fully saturated rings. The summed E-state index contributed by atoms with van der Waals surface area (Å²) in [6.07, 6.45) is 0. The lowest BCUT2D eigenvalue weighted by Gasteiger charge is -2.30. The lowest BCUT2D eigenvalue weighted by molar-refractivity contribution is 0.669. The molecule has 0 saturated heterocycles. The summed E-state index contributed by atoms with van der Waals surface area (Å²) in [5.41, 5.74) is 13.0. The van der Waals surface area contributed by atoms with Crippen molar-refractivity contribution in [3.05, 3.63) is 206 Å². The number of para-hydroxylation sites is 6. The van der Waals surface area contributed by atoms with E-state index in [1.165, 1.54) is 43.7 Å². The van der Waals surface area contributed by atoms with E-state index >= 15 is 0 Å². The largest absolute Gasteiger partial charge is 0.456 e. The zero-order valence-corrected chi connectivity index (χ0v) is 29.9. The lowest BCUT2D eigenvalue weighted by atomic mass is 9.99. The topological polar surface area (TPSA) is 21.3 Å². The molecule has 2 heterocycles. The van der Waals surface area contributed by atoms with E-state index in [4.69, 9.17) is 4.42 Å². The molecule has 0 unspecified atom stereocenters. The van der Waals surface area contributed by atoms with Crippen molar-refractivity contribution >= 4 is 71.6 Å². The molecule has 11 rings (SSSR count). The molecule has 2 aromatic heterocycles. The number of anilines is 3. The molecule has 3 nitrogen and oxygen atoms in total. The maximum absolute atomic E-state index is 6.40. The van der Waals surface area contributed by atoms with Crippen LogP contribution < -0.4 is 4.90 Å². The first-order valence-corrected chi connectivity index (χ1v) is 18.8. The van der Waals surface area contributed by atoms with Gasteiger partial charge in [0.25, 0.3) is 0 Å². The Hall–Kier alpha value is -7.36. The van der Waals surface area contributed by atoms with Crippen molar-refractivity contribution in [2.45, 2.75) is 0 Å². The predicted octanol–water partition coefficient (Wildman–Crippen LogP) is 14.6. The van der Waals surface area contributed by atoms with E-state index < -0.39 is 0 Å². The first kappa shape index (κ1) is 31.2. The summed E-state index contributed by atoms with van der Waals surface area (Å²) in [5.74, 6) is 0. The van der Waals surface area contributed by atoms with Gasteiger partial charge in [-0.3, -0.25) is 0 Å². The highest BCUT2D eigenvalue weighted by Crippen LogP contribution is 2.46. The summed E-state index contributed by atoms with van der Waals surface area (Å²) in [6, 6.07) is 74.1. The number of benzene rings is 9. The molecule has 0 bridgehead atoms. The first-order chi connectivity index (χ1) is 27.3. The summed E-state index contributed by atoms with van der Waals surface area (Å²) in [6.45, 7) is 0. The second-order valence-corrected chi connectivity index (χ2v) is 14.1. The van der Waals surface area contributed by atoms with E-state index in [2.05, 4.69) is 204 Å². The molecule has 0 atom stereocenters. The maximum Gasteiger partial charge on any atom is 0.136 e. The molecule has 0 aliphatic heterocycles. The van der Waals surface area contributed by atoms with Crippen molar-refractivity contribution in [3.8, 4) is 27.9 Å². The number of rotatable bonds is 6. The molecule has 3 heteroatoms. The highest BCUT2D eigenvalue weighted by molar-refractivity contribution is 6.10. The molecule has 9 aromatic carbocycles. The molecule has 0 aliphatic rings. The van der Waals surface area contributed by atoms with Crippen LogP contribution in [0.25, 0.3) is 82.5 Å². The summed E-state index contributed by atoms with van der Waals surface area (Å²) in [7, 11) is 0. The standard InChI is InChI=1S/C52H34N2O/c1-2-14-37-33-38(26-25-35(37)13-1)36-27-30-40(31-28-36)53(46-19-7-3-15-41(46)39-29-32-45-44-18-6-12-24-51(44)55-52(45)34-39)49-22-10-11-23-50(49)54-47-20-8-4-16-42(47)43-17-5-9-21-48(43)54/h1-34H. The zero-order valence-electron chi connectivity index (χ0n) is 29.9. The van der Waals surface area contributed by atoms with Gasteiger partial charge in [0.15, 0.2) is 0 Å². The van der Waals surface area contributed by atoms with Gasteiger partial charge in [-0.2, -0.15) is 0 Å². The Morgan fingerprint density at radius 1 is 0.364 bits per heavy atom. The number of furan rings is 1. The van der Waals surface area contributed by atoms with Gasteiger partial charge in [0.2, 0.25) is 0 Å². The average molecular weight is 703 g/mol. The van der Waals surface area contributed by atoms with Gasteiger partial charge < -0.3 is 13.9 Å². The van der Waals surface area contributed by atoms with Gasteiger partial charge in [-0.05, 0) is 94.2 Å². The minimum Gasteiger partial charge on any atom is -0.456 e. The van der Waals surface area contributed by atoms with Crippen LogP contribution in [0.5, 0.6) is 0 Å². The summed E-state index contributed by atoms with van der Waals surface area (Å²) in [5, 5.41) is 7.20. The van der Waals surface area contributed by atoms with Crippen molar-refractivity contribution in [1.82, 2.24) is 4.57 Å². The molecule has 55 heavy (non-hydrogen) atoms. The number of fused-ring (bicyclic) bond motifs is 7. The fourth-order valence-electron chi connectivity index (χ4n) is 8.41. The second kappa shape index (κ2) is 12.6. The Morgan fingerprint density at radius 3 is 1.75 bits per heavy atom. The van der Waals surface area contributed by atoms with Crippen molar-refractivity contribution in [1.29, 1.82) is 0 Å². The molecular formula is C52H34N2O. The SMILES string of the molecule is c1ccc(N(c2ccc(-c3ccc4ccccc4c3)cc2)c2ccccc2-n2c3ccccc3c3ccccc32)c(-c2ccc3c(c2)oc2ccccc23)c1. The Morgan fingerprint density at radius 2 is 0.945 bits per heavy atom. The summed E-state index contributed by atoms with van der Waals surface area (Å²) in [4.78, 5) is 2.42. The molecule has 0 saturated carbocycles. The van der Waals surface area contributed by atoms with Gasteiger partial charge in [-0.1, -0.05) is 140 Å². The molecule has 0 aliphatic carbocycles. The monoisotopic (exact) mass is 702 g/mol. The van der Waals surface area contributed by atoms with Gasteiger partial charge in [0, 0.05) is 32.8 Å². The van der Waals surface area contributed by atoms with Gasteiger partial charge in [-0.15, -0.1) is 0 Å². The van der Waals surface area contributed by atoms with E-state index in [0.717, 1.165) is 55.8 Å². The number of nitrogens with zero attached hydrogens (tertiary/aromatic N) is 2. The van der Waals surface area contributed by atoms with Crippen LogP contribution in [0.1, 0.15) is 0 Å². The third-order valence-corrected chi connectivity index (χ3v) is 11.0. The first-order valence-electron chi connectivity index (χ1n) is 18.8. The molecule has 258 valence electrons. The van der Waals surface area contributed by atoms with E-state index in [1.54, 1.807) is 0 Å². The Labute approximate surface area is 318 Å². The molecule has 11 aromatic rings. The van der Waals surface area contributed by atoms with Crippen LogP contribution in [0.4, 0.5) is 17.1 Å². The van der Waals surface area contributed by atoms with Crippen molar-refractivity contribution in [2.75, 3.05) is 4.90 Å². The summed E-state index contributed by atoms with van der Waals surface area (Å²) < 4.78 is 8.82. The number of hydrogen-bond acceptors (Lipinski definition) is 2. The van der Waals surface area contributed by atoms with E-state index in [-0.39, 0.29) is 0 Å². The van der Waals surface area contributed by atoms with Crippen LogP contribution in [0.3, 0.4) is 0 Å². The van der Waals surface area contributed by atoms with E-state index in [1.807, 2.05) is 12.1 Å². The predicted molar refractivity (Wildman–Crippen MR) is 231 cm³/mol. The van der Waals surface area contributed by atoms with Crippen LogP contribution in [-0.2, 0) is 0 Å². The third-order valence-electron chi connectivity index (χ3n) is 11.0. The third kappa shape index (κ3) is 5.13. The second-order valence-electron chi connectivity index (χ2n) is 14.1. The van der Waals surface area contributed by atoms with E-state index in [9.17, 15) is 0 Å². The van der Waals surface area contributed by atoms with Gasteiger partial charge in [-0.25, -0.2) is 0 Å². The molecule has 0 N–H and O–H groups in total. The minimum absolute atomic E-state index is 0.880. The van der Waals surface area contributed by atoms with Crippen LogP contribution >= 0.6 is 0 Å².